The van der Waals surface area contributed by atoms with E-state index in [-0.39, 0.29) is 6.17 Å². The highest BCUT2D eigenvalue weighted by Crippen LogP contribution is 2.24. The van der Waals surface area contributed by atoms with Crippen molar-refractivity contribution in [3.8, 4) is 0 Å². The van der Waals surface area contributed by atoms with Crippen LogP contribution in [-0.4, -0.2) is 19.8 Å². The highest BCUT2D eigenvalue weighted by molar-refractivity contribution is 5.69. The molecule has 1 aliphatic heterocycles. The molecular weight excluding hydrogens is 200 g/mol. The molecule has 2 atom stereocenters. The number of benzene rings is 1. The van der Waals surface area contributed by atoms with Crippen LogP contribution in [0.2, 0.25) is 0 Å². The highest BCUT2D eigenvalue weighted by Gasteiger charge is 2.18. The van der Waals surface area contributed by atoms with Crippen LogP contribution in [0.5, 0.6) is 0 Å². The number of aryl methyl sites for hydroxylation is 1. The number of rotatable bonds is 1. The molecule has 0 fully saturated rings. The molecule has 0 saturated heterocycles. The van der Waals surface area contributed by atoms with Crippen LogP contribution >= 0.6 is 0 Å². The molecule has 0 radical (unpaired) electrons. The van der Waals surface area contributed by atoms with E-state index in [1.54, 1.807) is 0 Å². The molecule has 1 aromatic rings. The number of fused-ring (bicyclic) bond motifs is 1. The lowest BCUT2D eigenvalue weighted by molar-refractivity contribution is 0.364. The molecule has 4 N–H and O–H groups in total. The van der Waals surface area contributed by atoms with E-state index in [4.69, 9.17) is 0 Å². The van der Waals surface area contributed by atoms with E-state index in [0.29, 0.717) is 5.92 Å². The van der Waals surface area contributed by atoms with Gasteiger partial charge in [-0.3, -0.25) is 0 Å². The minimum atomic E-state index is 0.265. The minimum absolute atomic E-state index is 0.265. The number of hydrogen-bond donors (Lipinski definition) is 4. The number of anilines is 2. The Hall–Kier alpha value is -1.26. The van der Waals surface area contributed by atoms with Gasteiger partial charge >= 0.3 is 0 Å². The topological polar surface area (TPSA) is 48.1 Å². The summed E-state index contributed by atoms with van der Waals surface area (Å²) in [7, 11) is 1.97. The Morgan fingerprint density at radius 1 is 1.31 bits per heavy atom. The lowest BCUT2D eigenvalue weighted by Gasteiger charge is -2.30. The van der Waals surface area contributed by atoms with Crippen LogP contribution < -0.4 is 21.5 Å². The van der Waals surface area contributed by atoms with Crippen LogP contribution in [0.25, 0.3) is 0 Å². The fraction of sp³-hybridized carbons (Fsp3) is 0.500. The first-order valence-corrected chi connectivity index (χ1v) is 5.74. The van der Waals surface area contributed by atoms with E-state index in [1.807, 2.05) is 7.05 Å². The van der Waals surface area contributed by atoms with Gasteiger partial charge in [0, 0.05) is 12.5 Å². The Labute approximate surface area is 96.8 Å². The molecule has 0 bridgehead atoms. The average molecular weight is 220 g/mol. The zero-order valence-corrected chi connectivity index (χ0v) is 10.1. The first kappa shape index (κ1) is 11.2. The van der Waals surface area contributed by atoms with E-state index in [0.717, 1.165) is 17.9 Å². The van der Waals surface area contributed by atoms with Crippen molar-refractivity contribution >= 4 is 11.4 Å². The van der Waals surface area contributed by atoms with Crippen molar-refractivity contribution in [3.63, 3.8) is 0 Å². The Morgan fingerprint density at radius 2 is 2.12 bits per heavy atom. The van der Waals surface area contributed by atoms with Gasteiger partial charge in [0.15, 0.2) is 0 Å². The van der Waals surface area contributed by atoms with Crippen molar-refractivity contribution in [2.45, 2.75) is 20.0 Å². The maximum atomic E-state index is 3.46. The molecule has 0 aromatic heterocycles. The maximum Gasteiger partial charge on any atom is 0.0790 e. The summed E-state index contributed by atoms with van der Waals surface area (Å²) >= 11 is 0. The van der Waals surface area contributed by atoms with Gasteiger partial charge in [-0.05, 0) is 31.7 Å². The third-order valence-corrected chi connectivity index (χ3v) is 3.03. The van der Waals surface area contributed by atoms with Crippen molar-refractivity contribution in [1.29, 1.82) is 0 Å². The Bertz CT molecular complexity index is 364. The largest absolute Gasteiger partial charge is 0.383 e. The molecule has 4 heteroatoms. The minimum Gasteiger partial charge on any atom is -0.383 e. The lowest BCUT2D eigenvalue weighted by Crippen LogP contribution is -2.50. The Balaban J connectivity index is 2.21. The van der Waals surface area contributed by atoms with Crippen LogP contribution in [0.1, 0.15) is 12.5 Å². The van der Waals surface area contributed by atoms with Crippen molar-refractivity contribution in [2.24, 2.45) is 5.92 Å². The van der Waals surface area contributed by atoms with Gasteiger partial charge in [-0.15, -0.1) is 0 Å². The quantitative estimate of drug-likeness (QED) is 0.579. The summed E-state index contributed by atoms with van der Waals surface area (Å²) in [5.41, 5.74) is 10.1. The monoisotopic (exact) mass is 220 g/mol. The van der Waals surface area contributed by atoms with Crippen LogP contribution in [0.15, 0.2) is 18.2 Å². The highest BCUT2D eigenvalue weighted by atomic mass is 15.4. The van der Waals surface area contributed by atoms with Crippen LogP contribution in [0.4, 0.5) is 11.4 Å². The van der Waals surface area contributed by atoms with E-state index in [1.165, 1.54) is 5.56 Å². The van der Waals surface area contributed by atoms with Crippen molar-refractivity contribution < 1.29 is 0 Å². The molecule has 2 rings (SSSR count). The van der Waals surface area contributed by atoms with E-state index < -0.39 is 0 Å². The smallest absolute Gasteiger partial charge is 0.0790 e. The van der Waals surface area contributed by atoms with E-state index >= 15 is 0 Å². The average Bonchev–Trinajstić information content (AvgIpc) is 2.26. The molecule has 0 saturated carbocycles. The second-order valence-corrected chi connectivity index (χ2v) is 4.44. The SMILES string of the molecule is CNC1NNc2cc(C)ccc2NCC1C. The second kappa shape index (κ2) is 4.72. The van der Waals surface area contributed by atoms with Gasteiger partial charge in [0.05, 0.1) is 17.5 Å². The molecule has 16 heavy (non-hydrogen) atoms. The Morgan fingerprint density at radius 3 is 2.88 bits per heavy atom. The zero-order chi connectivity index (χ0) is 11.5. The zero-order valence-electron chi connectivity index (χ0n) is 10.1. The summed E-state index contributed by atoms with van der Waals surface area (Å²) in [6.45, 7) is 5.26. The van der Waals surface area contributed by atoms with Crippen LogP contribution in [-0.2, 0) is 0 Å². The molecule has 0 aliphatic carbocycles. The van der Waals surface area contributed by atoms with Crippen LogP contribution in [0.3, 0.4) is 0 Å². The molecule has 1 heterocycles. The normalized spacial score (nSPS) is 24.7. The van der Waals surface area contributed by atoms with Gasteiger partial charge < -0.3 is 16.1 Å². The summed E-state index contributed by atoms with van der Waals surface area (Å²) in [5.74, 6) is 0.506. The number of nitrogens with one attached hydrogen (secondary N) is 4. The molecule has 2 unspecified atom stereocenters. The van der Waals surface area contributed by atoms with Crippen molar-refractivity contribution in [3.05, 3.63) is 23.8 Å². The number of hydrogen-bond acceptors (Lipinski definition) is 4. The molecular formula is C12H20N4. The van der Waals surface area contributed by atoms with Gasteiger partial charge in [0.2, 0.25) is 0 Å². The molecule has 1 aromatic carbocycles. The standard InChI is InChI=1S/C12H20N4/c1-8-4-5-10-11(6-8)15-16-12(13-3)9(2)7-14-10/h4-6,9,12-16H,7H2,1-3H3. The third kappa shape index (κ3) is 2.28. The fourth-order valence-corrected chi connectivity index (χ4v) is 1.96. The summed E-state index contributed by atoms with van der Waals surface area (Å²) < 4.78 is 0. The van der Waals surface area contributed by atoms with E-state index in [9.17, 15) is 0 Å². The van der Waals surface area contributed by atoms with Crippen molar-refractivity contribution in [2.75, 3.05) is 24.3 Å². The summed E-state index contributed by atoms with van der Waals surface area (Å²) in [5, 5.41) is 6.72. The van der Waals surface area contributed by atoms with Gasteiger partial charge in [-0.2, -0.15) is 0 Å². The van der Waals surface area contributed by atoms with Gasteiger partial charge in [0.25, 0.3) is 0 Å². The predicted octanol–water partition coefficient (Wildman–Crippen LogP) is 1.52. The summed E-state index contributed by atoms with van der Waals surface area (Å²) in [6.07, 6.45) is 0.265. The van der Waals surface area contributed by atoms with Gasteiger partial charge in [-0.1, -0.05) is 13.0 Å². The predicted molar refractivity (Wildman–Crippen MR) is 68.4 cm³/mol. The maximum absolute atomic E-state index is 3.46. The van der Waals surface area contributed by atoms with Gasteiger partial charge in [0.1, 0.15) is 0 Å². The molecule has 0 spiro atoms. The lowest BCUT2D eigenvalue weighted by atomic mass is 10.1. The molecule has 1 aliphatic rings. The van der Waals surface area contributed by atoms with Gasteiger partial charge in [-0.25, -0.2) is 5.43 Å². The fourth-order valence-electron chi connectivity index (χ4n) is 1.96. The summed E-state index contributed by atoms with van der Waals surface area (Å²) in [4.78, 5) is 0. The van der Waals surface area contributed by atoms with Crippen molar-refractivity contribution in [1.82, 2.24) is 10.7 Å². The number of hydrazine groups is 1. The molecule has 0 amide bonds. The van der Waals surface area contributed by atoms with E-state index in [2.05, 4.69) is 53.5 Å². The van der Waals surface area contributed by atoms with Crippen LogP contribution in [0, 0.1) is 12.8 Å². The summed E-state index contributed by atoms with van der Waals surface area (Å²) in [6, 6.07) is 6.37. The third-order valence-electron chi connectivity index (χ3n) is 3.03. The first-order valence-electron chi connectivity index (χ1n) is 5.74. The first-order chi connectivity index (χ1) is 7.70. The second-order valence-electron chi connectivity index (χ2n) is 4.44. The molecule has 88 valence electrons. The Kier molecular flexibility index (Phi) is 3.31. The molecule has 4 nitrogen and oxygen atoms in total.